The number of hydrogen-bond acceptors (Lipinski definition) is 7. The summed E-state index contributed by atoms with van der Waals surface area (Å²) in [7, 11) is 0. The molecule has 1 atom stereocenters. The van der Waals surface area contributed by atoms with E-state index in [9.17, 15) is 4.79 Å². The zero-order valence-electron chi connectivity index (χ0n) is 19.6. The average molecular weight is 487 g/mol. The molecule has 0 saturated heterocycles. The molecule has 2 heterocycles. The van der Waals surface area contributed by atoms with E-state index in [0.29, 0.717) is 35.6 Å². The van der Waals surface area contributed by atoms with Gasteiger partial charge in [-0.15, -0.1) is 5.10 Å². The molecule has 7 nitrogen and oxygen atoms in total. The summed E-state index contributed by atoms with van der Waals surface area (Å²) in [5, 5.41) is 11.5. The Morgan fingerprint density at radius 2 is 1.77 bits per heavy atom. The van der Waals surface area contributed by atoms with Crippen LogP contribution in [0.4, 0.5) is 0 Å². The minimum atomic E-state index is -0.513. The van der Waals surface area contributed by atoms with Gasteiger partial charge in [0.1, 0.15) is 12.3 Å². The first-order valence-corrected chi connectivity index (χ1v) is 12.6. The molecule has 3 aromatic carbocycles. The van der Waals surface area contributed by atoms with E-state index in [1.54, 1.807) is 5.01 Å². The zero-order valence-corrected chi connectivity index (χ0v) is 20.4. The van der Waals surface area contributed by atoms with Crippen LogP contribution in [0, 0.1) is 0 Å². The molecule has 2 aliphatic heterocycles. The minimum absolute atomic E-state index is 0.184. The number of hydrogen-bond donors (Lipinski definition) is 1. The van der Waals surface area contributed by atoms with E-state index in [1.807, 2.05) is 86.6 Å². The number of amidine groups is 1. The monoisotopic (exact) mass is 486 g/mol. The number of nitrogens with zero attached hydrogens (tertiary/aromatic N) is 3. The van der Waals surface area contributed by atoms with Crippen molar-refractivity contribution in [3.8, 4) is 11.5 Å². The minimum Gasteiger partial charge on any atom is -0.490 e. The van der Waals surface area contributed by atoms with Crippen LogP contribution in [0.2, 0.25) is 0 Å². The third kappa shape index (κ3) is 4.74. The molecule has 1 N–H and O–H groups in total. The van der Waals surface area contributed by atoms with Crippen LogP contribution in [0.3, 0.4) is 0 Å². The third-order valence-electron chi connectivity index (χ3n) is 5.60. The maximum atomic E-state index is 13.1. The SMILES string of the molecule is CCOc1cc([C@@H]2N=c3ccccc3=C3C(=O)NC(SCC)=NN32)ccc1OCc1ccccc1. The molecule has 3 aromatic rings. The third-order valence-corrected chi connectivity index (χ3v) is 6.35. The van der Waals surface area contributed by atoms with Crippen molar-refractivity contribution in [1.29, 1.82) is 0 Å². The highest BCUT2D eigenvalue weighted by Crippen LogP contribution is 2.36. The van der Waals surface area contributed by atoms with Gasteiger partial charge < -0.3 is 9.47 Å². The second-order valence-electron chi connectivity index (χ2n) is 7.92. The predicted molar refractivity (Wildman–Crippen MR) is 137 cm³/mol. The van der Waals surface area contributed by atoms with Crippen LogP contribution < -0.4 is 25.4 Å². The molecule has 5 rings (SSSR count). The van der Waals surface area contributed by atoms with E-state index in [1.165, 1.54) is 11.8 Å². The van der Waals surface area contributed by atoms with Gasteiger partial charge in [0.05, 0.1) is 12.0 Å². The summed E-state index contributed by atoms with van der Waals surface area (Å²) in [6.45, 7) is 4.89. The van der Waals surface area contributed by atoms with Crippen LogP contribution >= 0.6 is 11.8 Å². The molecular formula is C27H26N4O3S. The molecule has 0 saturated carbocycles. The van der Waals surface area contributed by atoms with E-state index >= 15 is 0 Å². The van der Waals surface area contributed by atoms with Gasteiger partial charge in [-0.25, -0.2) is 5.01 Å². The Hall–Kier alpha value is -3.78. The Bertz CT molecular complexity index is 1390. The lowest BCUT2D eigenvalue weighted by molar-refractivity contribution is -0.116. The summed E-state index contributed by atoms with van der Waals surface area (Å²) in [5.74, 6) is 1.89. The second-order valence-corrected chi connectivity index (χ2v) is 9.17. The zero-order chi connectivity index (χ0) is 24.2. The molecule has 0 unspecified atom stereocenters. The van der Waals surface area contributed by atoms with Gasteiger partial charge in [-0.2, -0.15) is 0 Å². The van der Waals surface area contributed by atoms with Gasteiger partial charge in [-0.1, -0.05) is 73.3 Å². The number of rotatable bonds is 7. The maximum absolute atomic E-state index is 13.1. The number of fused-ring (bicyclic) bond motifs is 2. The first-order chi connectivity index (χ1) is 17.2. The first-order valence-electron chi connectivity index (χ1n) is 11.6. The summed E-state index contributed by atoms with van der Waals surface area (Å²) in [5.41, 5.74) is 2.42. The first kappa shape index (κ1) is 23.0. The molecule has 8 heteroatoms. The standard InChI is InChI=1S/C27H26N4O3S/c1-3-33-23-16-19(14-15-22(23)34-17-18-10-6-5-7-11-18)25-28-21-13-9-8-12-20(21)24-26(32)29-27(35-4-2)30-31(24)25/h5-16,25H,3-4,17H2,1-2H3,(H,29,30,32)/t25-/m1/s1. The summed E-state index contributed by atoms with van der Waals surface area (Å²) in [6, 6.07) is 23.4. The smallest absolute Gasteiger partial charge is 0.276 e. The fourth-order valence-electron chi connectivity index (χ4n) is 4.05. The second kappa shape index (κ2) is 10.2. The van der Waals surface area contributed by atoms with E-state index < -0.39 is 6.17 Å². The van der Waals surface area contributed by atoms with Gasteiger partial charge >= 0.3 is 0 Å². The lowest BCUT2D eigenvalue weighted by Crippen LogP contribution is -2.50. The molecule has 0 fully saturated rings. The highest BCUT2D eigenvalue weighted by molar-refractivity contribution is 8.13. The predicted octanol–water partition coefficient (Wildman–Crippen LogP) is 3.56. The number of nitrogens with one attached hydrogen (secondary N) is 1. The van der Waals surface area contributed by atoms with Crippen molar-refractivity contribution in [2.24, 2.45) is 10.1 Å². The van der Waals surface area contributed by atoms with Crippen LogP contribution in [0.1, 0.15) is 31.1 Å². The van der Waals surface area contributed by atoms with E-state index in [-0.39, 0.29) is 5.91 Å². The van der Waals surface area contributed by atoms with Crippen molar-refractivity contribution in [3.63, 3.8) is 0 Å². The number of hydrazone groups is 1. The topological polar surface area (TPSA) is 75.5 Å². The molecule has 35 heavy (non-hydrogen) atoms. The van der Waals surface area contributed by atoms with Gasteiger partial charge in [0.2, 0.25) is 0 Å². The molecular weight excluding hydrogens is 460 g/mol. The van der Waals surface area contributed by atoms with Gasteiger partial charge in [0.25, 0.3) is 5.91 Å². The quantitative estimate of drug-likeness (QED) is 0.553. The van der Waals surface area contributed by atoms with Gasteiger partial charge in [-0.05, 0) is 36.4 Å². The van der Waals surface area contributed by atoms with Crippen molar-refractivity contribution in [2.75, 3.05) is 12.4 Å². The molecule has 0 aliphatic carbocycles. The molecule has 0 bridgehead atoms. The Kier molecular flexibility index (Phi) is 6.72. The number of thioether (sulfide) groups is 1. The van der Waals surface area contributed by atoms with Crippen LogP contribution in [0.25, 0.3) is 5.70 Å². The molecule has 2 aliphatic rings. The molecule has 0 radical (unpaired) electrons. The number of ether oxygens (including phenoxy) is 2. The van der Waals surface area contributed by atoms with E-state index in [0.717, 1.165) is 27.5 Å². The summed E-state index contributed by atoms with van der Waals surface area (Å²) in [4.78, 5) is 18.1. The van der Waals surface area contributed by atoms with Crippen molar-refractivity contribution in [2.45, 2.75) is 26.6 Å². The number of amides is 1. The number of para-hydroxylation sites is 1. The summed E-state index contributed by atoms with van der Waals surface area (Å²) in [6.07, 6.45) is -0.513. The van der Waals surface area contributed by atoms with Crippen molar-refractivity contribution >= 4 is 28.5 Å². The Morgan fingerprint density at radius 3 is 2.57 bits per heavy atom. The van der Waals surface area contributed by atoms with Crippen molar-refractivity contribution in [3.05, 3.63) is 94.5 Å². The average Bonchev–Trinajstić information content (AvgIpc) is 2.88. The fourth-order valence-corrected chi connectivity index (χ4v) is 4.64. The van der Waals surface area contributed by atoms with Gasteiger partial charge in [-0.3, -0.25) is 15.1 Å². The Morgan fingerprint density at radius 1 is 0.971 bits per heavy atom. The number of benzene rings is 3. The largest absolute Gasteiger partial charge is 0.490 e. The van der Waals surface area contributed by atoms with Crippen LogP contribution in [-0.4, -0.2) is 28.4 Å². The van der Waals surface area contributed by atoms with Gasteiger partial charge in [0.15, 0.2) is 22.8 Å². The highest BCUT2D eigenvalue weighted by Gasteiger charge is 2.34. The molecule has 178 valence electrons. The van der Waals surface area contributed by atoms with Crippen LogP contribution in [-0.2, 0) is 11.4 Å². The number of carbonyl (C=O) groups is 1. The van der Waals surface area contributed by atoms with Crippen molar-refractivity contribution < 1.29 is 14.3 Å². The van der Waals surface area contributed by atoms with E-state index in [2.05, 4.69) is 5.32 Å². The Labute approximate surface area is 208 Å². The summed E-state index contributed by atoms with van der Waals surface area (Å²) < 4.78 is 12.0. The summed E-state index contributed by atoms with van der Waals surface area (Å²) >= 11 is 1.49. The normalized spacial score (nSPS) is 16.5. The highest BCUT2D eigenvalue weighted by atomic mass is 32.2. The molecule has 1 amide bonds. The van der Waals surface area contributed by atoms with Crippen LogP contribution in [0.15, 0.2) is 82.9 Å². The van der Waals surface area contributed by atoms with Crippen molar-refractivity contribution in [1.82, 2.24) is 10.3 Å². The molecule has 0 spiro atoms. The fraction of sp³-hybridized carbons (Fsp3) is 0.222. The lowest BCUT2D eigenvalue weighted by Gasteiger charge is -2.34. The lowest BCUT2D eigenvalue weighted by atomic mass is 10.1. The van der Waals surface area contributed by atoms with E-state index in [4.69, 9.17) is 19.6 Å². The molecule has 0 aromatic heterocycles. The van der Waals surface area contributed by atoms with Crippen LogP contribution in [0.5, 0.6) is 11.5 Å². The van der Waals surface area contributed by atoms with Gasteiger partial charge in [0, 0.05) is 10.8 Å². The Balaban J connectivity index is 1.55. The maximum Gasteiger partial charge on any atom is 0.276 e. The number of carbonyl (C=O) groups excluding carboxylic acids is 1.